The Balaban J connectivity index is 1.55. The van der Waals surface area contributed by atoms with Gasteiger partial charge in [-0.15, -0.1) is 11.3 Å². The predicted molar refractivity (Wildman–Crippen MR) is 94.9 cm³/mol. The smallest absolute Gasteiger partial charge is 0.323 e. The fourth-order valence-electron chi connectivity index (χ4n) is 3.70. The van der Waals surface area contributed by atoms with Crippen LogP contribution in [0.3, 0.4) is 0 Å². The number of urea groups is 1. The van der Waals surface area contributed by atoms with Crippen LogP contribution in [0.1, 0.15) is 38.3 Å². The average molecular weight is 361 g/mol. The number of amides is 3. The van der Waals surface area contributed by atoms with E-state index in [-0.39, 0.29) is 24.4 Å². The van der Waals surface area contributed by atoms with Gasteiger partial charge in [-0.25, -0.2) is 9.78 Å². The van der Waals surface area contributed by atoms with Gasteiger partial charge in [0.2, 0.25) is 0 Å². The van der Waals surface area contributed by atoms with Gasteiger partial charge in [0.1, 0.15) is 10.5 Å². The highest BCUT2D eigenvalue weighted by molar-refractivity contribution is 7.14. The third kappa shape index (κ3) is 2.46. The molecule has 2 fully saturated rings. The van der Waals surface area contributed by atoms with E-state index in [2.05, 4.69) is 22.6 Å². The molecule has 0 radical (unpaired) electrons. The molecule has 2 aromatic heterocycles. The highest BCUT2D eigenvalue weighted by Gasteiger charge is 2.54. The number of hydrogen-bond donors (Lipinski definition) is 1. The monoisotopic (exact) mass is 361 g/mol. The molecule has 126 valence electrons. The Morgan fingerprint density at radius 2 is 2.25 bits per heavy atom. The minimum Gasteiger partial charge on any atom is -0.323 e. The number of carbonyl (C=O) groups is 2. The van der Waals surface area contributed by atoms with Gasteiger partial charge < -0.3 is 5.32 Å². The number of nitrogens with one attached hydrogen (secondary N) is 1. The molecule has 2 aromatic rings. The standard InChI is InChI=1S/C17H19N3O2S2/c1-11-4-2-3-6-17(11)15(21)20(16(22)19-17)8-13-10-24-14(18-13)12-5-7-23-9-12/h5,7,9-11H,2-4,6,8H2,1H3,(H,19,22)/t11-,17-/m0/s1. The first-order chi connectivity index (χ1) is 11.6. The lowest BCUT2D eigenvalue weighted by Gasteiger charge is -2.36. The predicted octanol–water partition coefficient (Wildman–Crippen LogP) is 3.87. The minimum absolute atomic E-state index is 0.0789. The SMILES string of the molecule is C[C@H]1CCCC[C@]12NC(=O)N(Cc1csc(-c3ccsc3)n1)C2=O. The first-order valence-corrected chi connectivity index (χ1v) is 10.0. The number of nitrogens with zero attached hydrogens (tertiary/aromatic N) is 2. The van der Waals surface area contributed by atoms with Gasteiger partial charge in [0.25, 0.3) is 5.91 Å². The average Bonchev–Trinajstić information content (AvgIpc) is 3.28. The van der Waals surface area contributed by atoms with E-state index in [1.165, 1.54) is 4.90 Å². The molecule has 1 N–H and O–H groups in total. The highest BCUT2D eigenvalue weighted by atomic mass is 32.1. The van der Waals surface area contributed by atoms with Crippen molar-refractivity contribution in [3.8, 4) is 10.6 Å². The summed E-state index contributed by atoms with van der Waals surface area (Å²) in [4.78, 5) is 31.3. The molecule has 7 heteroatoms. The van der Waals surface area contributed by atoms with Crippen LogP contribution in [-0.4, -0.2) is 27.4 Å². The molecule has 5 nitrogen and oxygen atoms in total. The highest BCUT2D eigenvalue weighted by Crippen LogP contribution is 2.38. The number of thiazole rings is 1. The van der Waals surface area contributed by atoms with Crippen LogP contribution < -0.4 is 5.32 Å². The Bertz CT molecular complexity index is 771. The van der Waals surface area contributed by atoms with Crippen molar-refractivity contribution >= 4 is 34.6 Å². The van der Waals surface area contributed by atoms with Crippen molar-refractivity contribution in [1.29, 1.82) is 0 Å². The molecule has 4 rings (SSSR count). The molecule has 0 bridgehead atoms. The molecule has 0 unspecified atom stereocenters. The van der Waals surface area contributed by atoms with Crippen molar-refractivity contribution in [2.45, 2.75) is 44.7 Å². The molecule has 1 spiro atoms. The Kier molecular flexibility index (Phi) is 3.92. The largest absolute Gasteiger partial charge is 0.325 e. The van der Waals surface area contributed by atoms with Gasteiger partial charge in [0, 0.05) is 16.3 Å². The molecule has 2 atom stereocenters. The maximum atomic E-state index is 13.0. The van der Waals surface area contributed by atoms with Crippen LogP contribution in [0.4, 0.5) is 4.79 Å². The van der Waals surface area contributed by atoms with Crippen molar-refractivity contribution < 1.29 is 9.59 Å². The van der Waals surface area contributed by atoms with E-state index in [4.69, 9.17) is 0 Å². The third-order valence-electron chi connectivity index (χ3n) is 5.14. The van der Waals surface area contributed by atoms with Gasteiger partial charge in [-0.2, -0.15) is 11.3 Å². The second-order valence-electron chi connectivity index (χ2n) is 6.60. The summed E-state index contributed by atoms with van der Waals surface area (Å²) in [5.41, 5.74) is 1.16. The first-order valence-electron chi connectivity index (χ1n) is 8.21. The van der Waals surface area contributed by atoms with Crippen LogP contribution >= 0.6 is 22.7 Å². The van der Waals surface area contributed by atoms with Gasteiger partial charge in [-0.1, -0.05) is 19.8 Å². The number of thiophene rings is 1. The van der Waals surface area contributed by atoms with Crippen LogP contribution in [0.25, 0.3) is 10.6 Å². The molecule has 0 aromatic carbocycles. The summed E-state index contributed by atoms with van der Waals surface area (Å²) in [5.74, 6) is 0.106. The molecular formula is C17H19N3O2S2. The number of aromatic nitrogens is 1. The topological polar surface area (TPSA) is 62.3 Å². The van der Waals surface area contributed by atoms with Crippen LogP contribution in [0.2, 0.25) is 0 Å². The number of rotatable bonds is 3. The van der Waals surface area contributed by atoms with Crippen molar-refractivity contribution in [1.82, 2.24) is 15.2 Å². The van der Waals surface area contributed by atoms with E-state index in [0.29, 0.717) is 0 Å². The summed E-state index contributed by atoms with van der Waals surface area (Å²) in [6.45, 7) is 2.32. The first kappa shape index (κ1) is 15.8. The molecule has 3 heterocycles. The third-order valence-corrected chi connectivity index (χ3v) is 6.76. The second-order valence-corrected chi connectivity index (χ2v) is 8.23. The van der Waals surface area contributed by atoms with E-state index < -0.39 is 5.54 Å². The van der Waals surface area contributed by atoms with Gasteiger partial charge in [0.05, 0.1) is 12.2 Å². The van der Waals surface area contributed by atoms with Crippen LogP contribution in [0, 0.1) is 5.92 Å². The van der Waals surface area contributed by atoms with Crippen molar-refractivity contribution in [3.05, 3.63) is 27.9 Å². The molecule has 1 saturated heterocycles. The maximum absolute atomic E-state index is 13.0. The summed E-state index contributed by atoms with van der Waals surface area (Å²) in [7, 11) is 0. The van der Waals surface area contributed by atoms with Gasteiger partial charge in [-0.05, 0) is 30.2 Å². The summed E-state index contributed by atoms with van der Waals surface area (Å²) in [6.07, 6.45) is 3.84. The lowest BCUT2D eigenvalue weighted by atomic mass is 9.73. The van der Waals surface area contributed by atoms with Gasteiger partial charge >= 0.3 is 6.03 Å². The van der Waals surface area contributed by atoms with E-state index in [0.717, 1.165) is 41.9 Å². The molecule has 24 heavy (non-hydrogen) atoms. The zero-order chi connectivity index (χ0) is 16.7. The summed E-state index contributed by atoms with van der Waals surface area (Å²) in [5, 5.41) is 9.92. The van der Waals surface area contributed by atoms with Gasteiger partial charge in [-0.3, -0.25) is 9.69 Å². The van der Waals surface area contributed by atoms with Crippen molar-refractivity contribution in [2.24, 2.45) is 5.92 Å². The fourth-order valence-corrected chi connectivity index (χ4v) is 5.22. The van der Waals surface area contributed by atoms with Gasteiger partial charge in [0.15, 0.2) is 0 Å². The molecule has 1 aliphatic carbocycles. The Morgan fingerprint density at radius 3 is 3.00 bits per heavy atom. The maximum Gasteiger partial charge on any atom is 0.325 e. The second kappa shape index (κ2) is 5.97. The number of imide groups is 1. The van der Waals surface area contributed by atoms with Crippen molar-refractivity contribution in [2.75, 3.05) is 0 Å². The zero-order valence-corrected chi connectivity index (χ0v) is 15.1. The Labute approximate surface area is 148 Å². The Hall–Kier alpha value is -1.73. The summed E-state index contributed by atoms with van der Waals surface area (Å²) < 4.78 is 0. The van der Waals surface area contributed by atoms with E-state index >= 15 is 0 Å². The van der Waals surface area contributed by atoms with E-state index in [1.807, 2.05) is 16.8 Å². The molecule has 3 amide bonds. The molecular weight excluding hydrogens is 342 g/mol. The van der Waals surface area contributed by atoms with Crippen LogP contribution in [-0.2, 0) is 11.3 Å². The number of carbonyl (C=O) groups excluding carboxylic acids is 2. The summed E-state index contributed by atoms with van der Waals surface area (Å²) >= 11 is 3.18. The Morgan fingerprint density at radius 1 is 1.38 bits per heavy atom. The molecule has 1 aliphatic heterocycles. The molecule has 2 aliphatic rings. The molecule has 1 saturated carbocycles. The number of hydrogen-bond acceptors (Lipinski definition) is 5. The normalized spacial score (nSPS) is 27.0. The fraction of sp³-hybridized carbons (Fsp3) is 0.471. The van der Waals surface area contributed by atoms with Crippen molar-refractivity contribution in [3.63, 3.8) is 0 Å². The lowest BCUT2D eigenvalue weighted by Crippen LogP contribution is -2.53. The zero-order valence-electron chi connectivity index (χ0n) is 13.4. The minimum atomic E-state index is -0.693. The van der Waals surface area contributed by atoms with E-state index in [1.54, 1.807) is 22.7 Å². The quantitative estimate of drug-likeness (QED) is 0.844. The van der Waals surface area contributed by atoms with Crippen LogP contribution in [0.15, 0.2) is 22.2 Å². The van der Waals surface area contributed by atoms with Crippen LogP contribution in [0.5, 0.6) is 0 Å². The summed E-state index contributed by atoms with van der Waals surface area (Å²) in [6, 6.07) is 1.75. The lowest BCUT2D eigenvalue weighted by molar-refractivity contribution is -0.134. The van der Waals surface area contributed by atoms with E-state index in [9.17, 15) is 9.59 Å².